The number of aliphatic hydroxyl groups is 2. The fourth-order valence-electron chi connectivity index (χ4n) is 0.797. The lowest BCUT2D eigenvalue weighted by Crippen LogP contribution is -2.42. The molecule has 3 atom stereocenters. The van der Waals surface area contributed by atoms with Crippen LogP contribution in [0.1, 0.15) is 19.8 Å². The molecule has 0 bridgehead atoms. The maximum absolute atomic E-state index is 9.40. The first-order chi connectivity index (χ1) is 7.11. The second kappa shape index (κ2) is 8.49. The van der Waals surface area contributed by atoms with Crippen LogP contribution in [0.15, 0.2) is 0 Å². The predicted molar refractivity (Wildman–Crippen MR) is 49.9 cm³/mol. The van der Waals surface area contributed by atoms with Gasteiger partial charge in [0.15, 0.2) is 0 Å². The Morgan fingerprint density at radius 3 is 2.07 bits per heavy atom. The van der Waals surface area contributed by atoms with Gasteiger partial charge >= 0.3 is 0 Å². The number of unbranched alkanes of at least 4 members (excludes halogenated alkanes) is 1. The first kappa shape index (κ1) is 14.2. The summed E-state index contributed by atoms with van der Waals surface area (Å²) < 4.78 is 9.46. The van der Waals surface area contributed by atoms with Crippen LogP contribution < -0.4 is 0 Å². The second-order valence-corrected chi connectivity index (χ2v) is 2.97. The van der Waals surface area contributed by atoms with Gasteiger partial charge in [0.05, 0.1) is 12.7 Å². The third-order valence-corrected chi connectivity index (χ3v) is 1.52. The standard InChI is InChI=1S/C5H10O4.C4H6O2/c1-3-2-8-4(6)5(7)9-3;5-3-1-2-4-6/h3-7H,2H2,1H3;3-4H,1-2H2. The molecule has 88 valence electrons. The topological polar surface area (TPSA) is 93.1 Å². The van der Waals surface area contributed by atoms with E-state index in [4.69, 9.17) is 14.9 Å². The fraction of sp³-hybridized carbons (Fsp3) is 0.778. The minimum atomic E-state index is -1.19. The van der Waals surface area contributed by atoms with Crippen molar-refractivity contribution in [2.45, 2.75) is 38.4 Å². The Kier molecular flexibility index (Phi) is 8.02. The number of ether oxygens (including phenoxy) is 2. The molecule has 6 nitrogen and oxygen atoms in total. The third-order valence-electron chi connectivity index (χ3n) is 1.52. The quantitative estimate of drug-likeness (QED) is 0.479. The highest BCUT2D eigenvalue weighted by atomic mass is 16.7. The molecule has 1 aliphatic heterocycles. The normalized spacial score (nSPS) is 29.9. The van der Waals surface area contributed by atoms with Crippen molar-refractivity contribution in [2.24, 2.45) is 0 Å². The van der Waals surface area contributed by atoms with Gasteiger partial charge in [-0.25, -0.2) is 0 Å². The van der Waals surface area contributed by atoms with Crippen molar-refractivity contribution in [2.75, 3.05) is 6.61 Å². The molecule has 3 unspecified atom stereocenters. The molecule has 0 amide bonds. The van der Waals surface area contributed by atoms with Gasteiger partial charge in [-0.3, -0.25) is 0 Å². The molecule has 0 aliphatic carbocycles. The van der Waals surface area contributed by atoms with Crippen LogP contribution >= 0.6 is 0 Å². The summed E-state index contributed by atoms with van der Waals surface area (Å²) >= 11 is 0. The van der Waals surface area contributed by atoms with Gasteiger partial charge in [0.25, 0.3) is 0 Å². The fourth-order valence-corrected chi connectivity index (χ4v) is 0.797. The number of carbonyl (C=O) groups excluding carboxylic acids is 2. The highest BCUT2D eigenvalue weighted by Crippen LogP contribution is 2.09. The predicted octanol–water partition coefficient (Wildman–Crippen LogP) is -0.777. The largest absolute Gasteiger partial charge is 0.364 e. The molecule has 0 spiro atoms. The lowest BCUT2D eigenvalue weighted by Gasteiger charge is -2.28. The number of aldehydes is 2. The van der Waals surface area contributed by atoms with E-state index in [1.807, 2.05) is 0 Å². The number of aliphatic hydroxyl groups excluding tert-OH is 2. The minimum absolute atomic E-state index is 0.136. The molecule has 1 rings (SSSR count). The minimum Gasteiger partial charge on any atom is -0.364 e. The van der Waals surface area contributed by atoms with E-state index >= 15 is 0 Å². The van der Waals surface area contributed by atoms with Gasteiger partial charge in [0.1, 0.15) is 12.6 Å². The first-order valence-electron chi connectivity index (χ1n) is 4.62. The summed E-state index contributed by atoms with van der Waals surface area (Å²) in [6, 6.07) is 0. The van der Waals surface area contributed by atoms with Gasteiger partial charge in [-0.1, -0.05) is 0 Å². The van der Waals surface area contributed by atoms with Gasteiger partial charge in [0.2, 0.25) is 12.6 Å². The lowest BCUT2D eigenvalue weighted by atomic mass is 10.4. The lowest BCUT2D eigenvalue weighted by molar-refractivity contribution is -0.311. The summed E-state index contributed by atoms with van der Waals surface area (Å²) in [7, 11) is 0. The average Bonchev–Trinajstić information content (AvgIpc) is 2.22. The van der Waals surface area contributed by atoms with Crippen LogP contribution in [-0.2, 0) is 19.1 Å². The monoisotopic (exact) mass is 220 g/mol. The zero-order valence-corrected chi connectivity index (χ0v) is 8.54. The maximum atomic E-state index is 9.40. The van der Waals surface area contributed by atoms with E-state index in [1.54, 1.807) is 6.92 Å². The van der Waals surface area contributed by atoms with Gasteiger partial charge in [-0.05, 0) is 6.92 Å². The van der Waals surface area contributed by atoms with Gasteiger partial charge < -0.3 is 29.3 Å². The summed E-state index contributed by atoms with van der Waals surface area (Å²) in [5.41, 5.74) is 0. The van der Waals surface area contributed by atoms with Crippen molar-refractivity contribution in [1.82, 2.24) is 0 Å². The summed E-state index contributed by atoms with van der Waals surface area (Å²) in [5.74, 6) is 0. The van der Waals surface area contributed by atoms with E-state index in [9.17, 15) is 9.59 Å². The molecule has 0 aromatic rings. The van der Waals surface area contributed by atoms with Crippen LogP contribution in [0.2, 0.25) is 0 Å². The maximum Gasteiger partial charge on any atom is 0.207 e. The van der Waals surface area contributed by atoms with Crippen molar-refractivity contribution in [3.63, 3.8) is 0 Å². The average molecular weight is 220 g/mol. The molecule has 0 aromatic carbocycles. The molecule has 2 N–H and O–H groups in total. The molecular weight excluding hydrogens is 204 g/mol. The number of hydrogen-bond donors (Lipinski definition) is 2. The highest BCUT2D eigenvalue weighted by Gasteiger charge is 2.25. The molecule has 1 fully saturated rings. The van der Waals surface area contributed by atoms with Gasteiger partial charge in [-0.15, -0.1) is 0 Å². The van der Waals surface area contributed by atoms with Crippen molar-refractivity contribution >= 4 is 12.6 Å². The zero-order valence-electron chi connectivity index (χ0n) is 8.54. The van der Waals surface area contributed by atoms with Crippen LogP contribution in [0.4, 0.5) is 0 Å². The van der Waals surface area contributed by atoms with E-state index < -0.39 is 12.6 Å². The Balaban J connectivity index is 0.000000288. The summed E-state index contributed by atoms with van der Waals surface area (Å²) in [5, 5.41) is 17.4. The number of hydrogen-bond acceptors (Lipinski definition) is 6. The Labute approximate surface area is 87.8 Å². The van der Waals surface area contributed by atoms with Crippen molar-refractivity contribution in [3.8, 4) is 0 Å². The van der Waals surface area contributed by atoms with E-state index in [0.717, 1.165) is 12.6 Å². The molecule has 1 saturated heterocycles. The Hall–Kier alpha value is -0.820. The third kappa shape index (κ3) is 7.15. The summed E-state index contributed by atoms with van der Waals surface area (Å²) in [6.07, 6.45) is -0.311. The van der Waals surface area contributed by atoms with Crippen LogP contribution in [0.3, 0.4) is 0 Å². The Bertz CT molecular complexity index is 175. The van der Waals surface area contributed by atoms with E-state index in [1.165, 1.54) is 0 Å². The van der Waals surface area contributed by atoms with Gasteiger partial charge in [-0.2, -0.15) is 0 Å². The smallest absolute Gasteiger partial charge is 0.207 e. The van der Waals surface area contributed by atoms with Crippen LogP contribution in [0, 0.1) is 0 Å². The SMILES string of the molecule is CC1COC(O)C(O)O1.O=CCCC=O. The Morgan fingerprint density at radius 2 is 1.73 bits per heavy atom. The van der Waals surface area contributed by atoms with Crippen molar-refractivity contribution in [3.05, 3.63) is 0 Å². The molecule has 0 saturated carbocycles. The summed E-state index contributed by atoms with van der Waals surface area (Å²) in [4.78, 5) is 18.8. The molecule has 0 aromatic heterocycles. The molecule has 0 radical (unpaired) electrons. The second-order valence-electron chi connectivity index (χ2n) is 2.97. The van der Waals surface area contributed by atoms with Crippen molar-refractivity contribution in [1.29, 1.82) is 0 Å². The number of rotatable bonds is 3. The molecule has 6 heteroatoms. The molecule has 15 heavy (non-hydrogen) atoms. The number of carbonyl (C=O) groups is 2. The highest BCUT2D eigenvalue weighted by molar-refractivity contribution is 5.58. The molecule has 1 heterocycles. The molecule has 1 aliphatic rings. The Morgan fingerprint density at radius 1 is 1.20 bits per heavy atom. The van der Waals surface area contributed by atoms with E-state index in [-0.39, 0.29) is 6.10 Å². The first-order valence-corrected chi connectivity index (χ1v) is 4.62. The van der Waals surface area contributed by atoms with Crippen LogP contribution in [-0.4, -0.2) is 48.1 Å². The zero-order chi connectivity index (χ0) is 11.7. The summed E-state index contributed by atoms with van der Waals surface area (Å²) in [6.45, 7) is 2.09. The van der Waals surface area contributed by atoms with Crippen molar-refractivity contribution < 1.29 is 29.3 Å². The molecular formula is C9H16O6. The van der Waals surface area contributed by atoms with E-state index in [2.05, 4.69) is 4.74 Å². The van der Waals surface area contributed by atoms with Crippen LogP contribution in [0.5, 0.6) is 0 Å². The van der Waals surface area contributed by atoms with Gasteiger partial charge in [0, 0.05) is 12.8 Å². The van der Waals surface area contributed by atoms with E-state index in [0.29, 0.717) is 19.4 Å². The van der Waals surface area contributed by atoms with Crippen LogP contribution in [0.25, 0.3) is 0 Å².